The zero-order chi connectivity index (χ0) is 17.8. The number of amides is 1. The standard InChI is InChI=1S/C16H18N8O2/c25-14(23-6-8-24(9-7-23)16-18-11-19-21-16)4-3-13-20-15(22-26-13)12-2-1-5-17-10-12/h1-2,5,10-11H,3-4,6-9H2,(H,18,19,21). The van der Waals surface area contributed by atoms with Crippen molar-refractivity contribution >= 4 is 11.9 Å². The van der Waals surface area contributed by atoms with Gasteiger partial charge in [0.15, 0.2) is 0 Å². The van der Waals surface area contributed by atoms with Gasteiger partial charge in [0.25, 0.3) is 0 Å². The third-order valence-corrected chi connectivity index (χ3v) is 4.27. The van der Waals surface area contributed by atoms with E-state index >= 15 is 0 Å². The molecule has 0 bridgehead atoms. The number of aromatic amines is 1. The molecule has 1 saturated heterocycles. The predicted octanol–water partition coefficient (Wildman–Crippen LogP) is 0.531. The molecule has 3 aromatic rings. The zero-order valence-electron chi connectivity index (χ0n) is 14.1. The lowest BCUT2D eigenvalue weighted by atomic mass is 10.2. The van der Waals surface area contributed by atoms with Gasteiger partial charge in [-0.25, -0.2) is 5.10 Å². The van der Waals surface area contributed by atoms with E-state index in [1.165, 1.54) is 6.33 Å². The fourth-order valence-electron chi connectivity index (χ4n) is 2.86. The van der Waals surface area contributed by atoms with Gasteiger partial charge in [-0.1, -0.05) is 5.16 Å². The van der Waals surface area contributed by atoms with Gasteiger partial charge < -0.3 is 14.3 Å². The van der Waals surface area contributed by atoms with Gasteiger partial charge in [-0.15, -0.1) is 0 Å². The van der Waals surface area contributed by atoms with Gasteiger partial charge in [0.05, 0.1) is 0 Å². The molecular formula is C16H18N8O2. The smallest absolute Gasteiger partial charge is 0.227 e. The first kappa shape index (κ1) is 16.2. The van der Waals surface area contributed by atoms with Crippen LogP contribution in [0.25, 0.3) is 11.4 Å². The molecule has 1 amide bonds. The molecule has 1 fully saturated rings. The van der Waals surface area contributed by atoms with Crippen molar-refractivity contribution in [1.29, 1.82) is 0 Å². The number of carbonyl (C=O) groups excluding carboxylic acids is 1. The number of hydrogen-bond acceptors (Lipinski definition) is 8. The van der Waals surface area contributed by atoms with E-state index < -0.39 is 0 Å². The number of rotatable bonds is 5. The Kier molecular flexibility index (Phi) is 4.54. The summed E-state index contributed by atoms with van der Waals surface area (Å²) in [6.07, 6.45) is 5.61. The minimum atomic E-state index is 0.0864. The topological polar surface area (TPSA) is 117 Å². The summed E-state index contributed by atoms with van der Waals surface area (Å²) in [6, 6.07) is 3.67. The van der Waals surface area contributed by atoms with Crippen LogP contribution in [-0.4, -0.2) is 67.3 Å². The number of nitrogens with one attached hydrogen (secondary N) is 1. The van der Waals surface area contributed by atoms with Crippen LogP contribution in [0.2, 0.25) is 0 Å². The number of anilines is 1. The molecular weight excluding hydrogens is 336 g/mol. The maximum atomic E-state index is 12.4. The van der Waals surface area contributed by atoms with Crippen LogP contribution in [0.5, 0.6) is 0 Å². The van der Waals surface area contributed by atoms with Crippen molar-refractivity contribution in [1.82, 2.24) is 35.2 Å². The number of pyridine rings is 1. The van der Waals surface area contributed by atoms with Crippen molar-refractivity contribution in [2.45, 2.75) is 12.8 Å². The SMILES string of the molecule is O=C(CCc1nc(-c2cccnc2)no1)N1CCN(c2ncn[nH]2)CC1. The monoisotopic (exact) mass is 354 g/mol. The molecule has 1 N–H and O–H groups in total. The molecule has 134 valence electrons. The predicted molar refractivity (Wildman–Crippen MR) is 91.0 cm³/mol. The van der Waals surface area contributed by atoms with E-state index in [4.69, 9.17) is 4.52 Å². The Hall–Kier alpha value is -3.30. The highest BCUT2D eigenvalue weighted by Crippen LogP contribution is 2.15. The number of nitrogens with zero attached hydrogens (tertiary/aromatic N) is 7. The average Bonchev–Trinajstić information content (AvgIpc) is 3.39. The van der Waals surface area contributed by atoms with Crippen LogP contribution in [0.1, 0.15) is 12.3 Å². The lowest BCUT2D eigenvalue weighted by molar-refractivity contribution is -0.131. The van der Waals surface area contributed by atoms with Crippen molar-refractivity contribution in [3.8, 4) is 11.4 Å². The van der Waals surface area contributed by atoms with Gasteiger partial charge in [-0.2, -0.15) is 15.1 Å². The summed E-state index contributed by atoms with van der Waals surface area (Å²) in [4.78, 5) is 28.8. The quantitative estimate of drug-likeness (QED) is 0.705. The molecule has 1 aliphatic heterocycles. The van der Waals surface area contributed by atoms with Crippen molar-refractivity contribution in [3.05, 3.63) is 36.7 Å². The molecule has 0 spiro atoms. The van der Waals surface area contributed by atoms with E-state index in [0.717, 1.165) is 24.6 Å². The Morgan fingerprint density at radius 1 is 1.27 bits per heavy atom. The summed E-state index contributed by atoms with van der Waals surface area (Å²) >= 11 is 0. The number of aromatic nitrogens is 6. The summed E-state index contributed by atoms with van der Waals surface area (Å²) in [6.45, 7) is 2.77. The van der Waals surface area contributed by atoms with Crippen LogP contribution in [0.4, 0.5) is 5.95 Å². The number of carbonyl (C=O) groups is 1. The average molecular weight is 354 g/mol. The fourth-order valence-corrected chi connectivity index (χ4v) is 2.86. The van der Waals surface area contributed by atoms with E-state index in [9.17, 15) is 4.79 Å². The second kappa shape index (κ2) is 7.30. The summed E-state index contributed by atoms with van der Waals surface area (Å²) in [5, 5.41) is 10.6. The maximum absolute atomic E-state index is 12.4. The van der Waals surface area contributed by atoms with Gasteiger partial charge in [0, 0.05) is 57.0 Å². The molecule has 10 heteroatoms. The molecule has 3 aromatic heterocycles. The highest BCUT2D eigenvalue weighted by Gasteiger charge is 2.22. The summed E-state index contributed by atoms with van der Waals surface area (Å²) in [7, 11) is 0. The Bertz CT molecular complexity index is 840. The Morgan fingerprint density at radius 2 is 2.15 bits per heavy atom. The van der Waals surface area contributed by atoms with Crippen LogP contribution in [-0.2, 0) is 11.2 Å². The van der Waals surface area contributed by atoms with E-state index in [-0.39, 0.29) is 5.91 Å². The number of piperazine rings is 1. The minimum Gasteiger partial charge on any atom is -0.339 e. The normalized spacial score (nSPS) is 14.6. The lowest BCUT2D eigenvalue weighted by Crippen LogP contribution is -2.49. The fraction of sp³-hybridized carbons (Fsp3) is 0.375. The van der Waals surface area contributed by atoms with Crippen LogP contribution < -0.4 is 4.90 Å². The van der Waals surface area contributed by atoms with Crippen molar-refractivity contribution in [2.24, 2.45) is 0 Å². The molecule has 0 atom stereocenters. The first-order valence-corrected chi connectivity index (χ1v) is 8.40. The summed E-state index contributed by atoms with van der Waals surface area (Å²) < 4.78 is 5.24. The second-order valence-electron chi connectivity index (χ2n) is 5.93. The minimum absolute atomic E-state index is 0.0864. The Morgan fingerprint density at radius 3 is 2.88 bits per heavy atom. The van der Waals surface area contributed by atoms with Crippen molar-refractivity contribution in [2.75, 3.05) is 31.1 Å². The van der Waals surface area contributed by atoms with Gasteiger partial charge in [0.2, 0.25) is 23.6 Å². The van der Waals surface area contributed by atoms with Gasteiger partial charge in [-0.3, -0.25) is 9.78 Å². The van der Waals surface area contributed by atoms with Crippen LogP contribution in [0.3, 0.4) is 0 Å². The Balaban J connectivity index is 1.28. The molecule has 0 radical (unpaired) electrons. The van der Waals surface area contributed by atoms with E-state index in [0.29, 0.717) is 37.6 Å². The second-order valence-corrected chi connectivity index (χ2v) is 5.93. The van der Waals surface area contributed by atoms with Crippen LogP contribution in [0.15, 0.2) is 35.4 Å². The van der Waals surface area contributed by atoms with Crippen molar-refractivity contribution in [3.63, 3.8) is 0 Å². The highest BCUT2D eigenvalue weighted by molar-refractivity contribution is 5.76. The third kappa shape index (κ3) is 3.53. The first-order chi connectivity index (χ1) is 12.8. The first-order valence-electron chi connectivity index (χ1n) is 8.40. The molecule has 0 aromatic carbocycles. The molecule has 4 heterocycles. The summed E-state index contributed by atoms with van der Waals surface area (Å²) in [5.74, 6) is 1.77. The van der Waals surface area contributed by atoms with Gasteiger partial charge in [-0.05, 0) is 12.1 Å². The van der Waals surface area contributed by atoms with Crippen LogP contribution >= 0.6 is 0 Å². The molecule has 26 heavy (non-hydrogen) atoms. The van der Waals surface area contributed by atoms with Gasteiger partial charge in [0.1, 0.15) is 6.33 Å². The number of aryl methyl sites for hydroxylation is 1. The number of H-pyrrole nitrogens is 1. The van der Waals surface area contributed by atoms with E-state index in [2.05, 4.69) is 35.2 Å². The zero-order valence-corrected chi connectivity index (χ0v) is 14.1. The maximum Gasteiger partial charge on any atom is 0.227 e. The molecule has 1 aliphatic rings. The molecule has 0 saturated carbocycles. The van der Waals surface area contributed by atoms with E-state index in [1.54, 1.807) is 12.4 Å². The Labute approximate surface area is 149 Å². The molecule has 0 unspecified atom stereocenters. The molecule has 0 aliphatic carbocycles. The van der Waals surface area contributed by atoms with Crippen molar-refractivity contribution < 1.29 is 9.32 Å². The lowest BCUT2D eigenvalue weighted by Gasteiger charge is -2.34. The molecule has 10 nitrogen and oxygen atoms in total. The molecule has 4 rings (SSSR count). The van der Waals surface area contributed by atoms with E-state index in [1.807, 2.05) is 17.0 Å². The largest absolute Gasteiger partial charge is 0.339 e. The summed E-state index contributed by atoms with van der Waals surface area (Å²) in [5.41, 5.74) is 0.789. The van der Waals surface area contributed by atoms with Gasteiger partial charge >= 0.3 is 0 Å². The number of hydrogen-bond donors (Lipinski definition) is 1. The van der Waals surface area contributed by atoms with Crippen LogP contribution in [0, 0.1) is 0 Å². The third-order valence-electron chi connectivity index (χ3n) is 4.27. The highest BCUT2D eigenvalue weighted by atomic mass is 16.5.